The predicted octanol–water partition coefficient (Wildman–Crippen LogP) is 3.60. The molecule has 1 heterocycles. The number of rotatable bonds is 5. The zero-order valence-electron chi connectivity index (χ0n) is 17.8. The first-order valence-corrected chi connectivity index (χ1v) is 10.1. The fraction of sp³-hybridized carbons (Fsp3) is 0.160. The lowest BCUT2D eigenvalue weighted by atomic mass is 10.1. The summed E-state index contributed by atoms with van der Waals surface area (Å²) in [5.41, 5.74) is 3.01. The Bertz CT molecular complexity index is 1160. The summed E-state index contributed by atoms with van der Waals surface area (Å²) in [6, 6.07) is 21.1. The van der Waals surface area contributed by atoms with E-state index in [1.165, 1.54) is 4.90 Å². The molecule has 1 aliphatic rings. The Morgan fingerprint density at radius 2 is 1.69 bits per heavy atom. The van der Waals surface area contributed by atoms with Gasteiger partial charge in [0.25, 0.3) is 5.91 Å². The summed E-state index contributed by atoms with van der Waals surface area (Å²) in [5, 5.41) is 0. The number of carbonyl (C=O) groups is 3. The van der Waals surface area contributed by atoms with E-state index in [1.54, 1.807) is 66.5 Å². The van der Waals surface area contributed by atoms with Crippen LogP contribution in [0.2, 0.25) is 0 Å². The smallest absolute Gasteiger partial charge is 0.331 e. The summed E-state index contributed by atoms with van der Waals surface area (Å²) in [7, 11) is 1.69. The number of esters is 2. The SMILES string of the molecule is Cc1ccc(C(=O)N(C)c2ccc(OC(=O)CN3CC(=O)Oc4ccccc43)cc2)cc1. The van der Waals surface area contributed by atoms with Gasteiger partial charge >= 0.3 is 11.9 Å². The average molecular weight is 430 g/mol. The van der Waals surface area contributed by atoms with Gasteiger partial charge in [-0.1, -0.05) is 29.8 Å². The van der Waals surface area contributed by atoms with Crippen LogP contribution in [0.1, 0.15) is 15.9 Å². The molecular weight excluding hydrogens is 408 g/mol. The van der Waals surface area contributed by atoms with Crippen LogP contribution in [0, 0.1) is 6.92 Å². The van der Waals surface area contributed by atoms with E-state index < -0.39 is 11.9 Å². The lowest BCUT2D eigenvalue weighted by molar-refractivity contribution is -0.134. The first-order chi connectivity index (χ1) is 15.4. The molecule has 0 saturated heterocycles. The topological polar surface area (TPSA) is 76.2 Å². The summed E-state index contributed by atoms with van der Waals surface area (Å²) >= 11 is 0. The molecule has 1 amide bonds. The molecule has 0 N–H and O–H groups in total. The standard InChI is InChI=1S/C25H22N2O5/c1-17-7-9-18(10-8-17)25(30)26(2)19-11-13-20(14-12-19)31-23(28)15-27-16-24(29)32-22-6-4-3-5-21(22)27/h3-14H,15-16H2,1-2H3. The Labute approximate surface area is 185 Å². The van der Waals surface area contributed by atoms with Crippen molar-refractivity contribution in [3.63, 3.8) is 0 Å². The van der Waals surface area contributed by atoms with Crippen molar-refractivity contribution in [2.75, 3.05) is 29.9 Å². The number of hydrogen-bond acceptors (Lipinski definition) is 6. The van der Waals surface area contributed by atoms with Gasteiger partial charge in [0.2, 0.25) is 0 Å². The van der Waals surface area contributed by atoms with Crippen molar-refractivity contribution in [2.45, 2.75) is 6.92 Å². The number of amides is 1. The zero-order valence-corrected chi connectivity index (χ0v) is 17.8. The maximum absolute atomic E-state index is 12.7. The predicted molar refractivity (Wildman–Crippen MR) is 120 cm³/mol. The molecule has 0 atom stereocenters. The number of para-hydroxylation sites is 2. The molecule has 3 aromatic rings. The molecule has 0 bridgehead atoms. The van der Waals surface area contributed by atoms with Crippen molar-refractivity contribution < 1.29 is 23.9 Å². The van der Waals surface area contributed by atoms with Crippen LogP contribution in [0.4, 0.5) is 11.4 Å². The van der Waals surface area contributed by atoms with Crippen molar-refractivity contribution in [1.29, 1.82) is 0 Å². The molecule has 0 aromatic heterocycles. The molecule has 0 fully saturated rings. The van der Waals surface area contributed by atoms with Crippen LogP contribution in [-0.2, 0) is 9.59 Å². The summed E-state index contributed by atoms with van der Waals surface area (Å²) in [5.74, 6) is -0.302. The number of carbonyl (C=O) groups excluding carboxylic acids is 3. The van der Waals surface area contributed by atoms with Gasteiger partial charge < -0.3 is 19.3 Å². The molecule has 7 nitrogen and oxygen atoms in total. The third-order valence-corrected chi connectivity index (χ3v) is 5.13. The van der Waals surface area contributed by atoms with E-state index in [1.807, 2.05) is 25.1 Å². The molecule has 0 unspecified atom stereocenters. The largest absolute Gasteiger partial charge is 0.425 e. The van der Waals surface area contributed by atoms with E-state index in [0.717, 1.165) is 5.56 Å². The van der Waals surface area contributed by atoms with Gasteiger partial charge in [0.05, 0.1) is 5.69 Å². The molecule has 0 radical (unpaired) electrons. The lowest BCUT2D eigenvalue weighted by Gasteiger charge is -2.28. The van der Waals surface area contributed by atoms with Crippen LogP contribution in [0.5, 0.6) is 11.5 Å². The van der Waals surface area contributed by atoms with Gasteiger partial charge in [0.15, 0.2) is 5.75 Å². The second-order valence-corrected chi connectivity index (χ2v) is 7.50. The maximum atomic E-state index is 12.7. The van der Waals surface area contributed by atoms with E-state index >= 15 is 0 Å². The highest BCUT2D eigenvalue weighted by Crippen LogP contribution is 2.31. The molecule has 0 spiro atoms. The van der Waals surface area contributed by atoms with Gasteiger partial charge in [0.1, 0.15) is 18.8 Å². The van der Waals surface area contributed by atoms with Crippen LogP contribution >= 0.6 is 0 Å². The Morgan fingerprint density at radius 1 is 1.00 bits per heavy atom. The molecule has 1 aliphatic heterocycles. The molecule has 32 heavy (non-hydrogen) atoms. The van der Waals surface area contributed by atoms with E-state index in [-0.39, 0.29) is 19.0 Å². The van der Waals surface area contributed by atoms with Gasteiger partial charge in [-0.25, -0.2) is 9.59 Å². The van der Waals surface area contributed by atoms with Crippen LogP contribution in [-0.4, -0.2) is 38.0 Å². The lowest BCUT2D eigenvalue weighted by Crippen LogP contribution is -2.41. The van der Waals surface area contributed by atoms with Gasteiger partial charge in [0, 0.05) is 18.3 Å². The summed E-state index contributed by atoms with van der Waals surface area (Å²) in [6.45, 7) is 1.84. The highest BCUT2D eigenvalue weighted by molar-refractivity contribution is 6.05. The van der Waals surface area contributed by atoms with Crippen LogP contribution in [0.3, 0.4) is 0 Å². The normalized spacial score (nSPS) is 12.6. The molecule has 7 heteroatoms. The molecule has 162 valence electrons. The average Bonchev–Trinajstić information content (AvgIpc) is 2.79. The van der Waals surface area contributed by atoms with Crippen molar-refractivity contribution in [3.8, 4) is 11.5 Å². The van der Waals surface area contributed by atoms with Gasteiger partial charge in [-0.15, -0.1) is 0 Å². The molecule has 4 rings (SSSR count). The van der Waals surface area contributed by atoms with Crippen LogP contribution in [0.15, 0.2) is 72.8 Å². The monoisotopic (exact) mass is 430 g/mol. The minimum atomic E-state index is -0.508. The summed E-state index contributed by atoms with van der Waals surface area (Å²) < 4.78 is 10.6. The van der Waals surface area contributed by atoms with Gasteiger partial charge in [-0.05, 0) is 55.5 Å². The van der Waals surface area contributed by atoms with Crippen molar-refractivity contribution in [1.82, 2.24) is 0 Å². The maximum Gasteiger partial charge on any atom is 0.331 e. The number of fused-ring (bicyclic) bond motifs is 1. The Balaban J connectivity index is 1.39. The number of hydrogen-bond donors (Lipinski definition) is 0. The molecular formula is C25H22N2O5. The fourth-order valence-corrected chi connectivity index (χ4v) is 3.41. The highest BCUT2D eigenvalue weighted by atomic mass is 16.5. The third-order valence-electron chi connectivity index (χ3n) is 5.13. The van der Waals surface area contributed by atoms with E-state index in [0.29, 0.717) is 28.4 Å². The van der Waals surface area contributed by atoms with E-state index in [2.05, 4.69) is 0 Å². The highest BCUT2D eigenvalue weighted by Gasteiger charge is 2.26. The minimum absolute atomic E-state index is 0.0308. The zero-order chi connectivity index (χ0) is 22.7. The van der Waals surface area contributed by atoms with E-state index in [9.17, 15) is 14.4 Å². The number of anilines is 2. The second-order valence-electron chi connectivity index (χ2n) is 7.50. The first-order valence-electron chi connectivity index (χ1n) is 10.1. The Morgan fingerprint density at radius 3 is 2.41 bits per heavy atom. The van der Waals surface area contributed by atoms with Crippen molar-refractivity contribution >= 4 is 29.2 Å². The Hall–Kier alpha value is -4.13. The fourth-order valence-electron chi connectivity index (χ4n) is 3.41. The Kier molecular flexibility index (Phi) is 5.89. The molecule has 0 saturated carbocycles. The number of aryl methyl sites for hydroxylation is 1. The third kappa shape index (κ3) is 4.62. The second kappa shape index (κ2) is 8.93. The van der Waals surface area contributed by atoms with Crippen molar-refractivity contribution in [2.24, 2.45) is 0 Å². The molecule has 0 aliphatic carbocycles. The van der Waals surface area contributed by atoms with Crippen LogP contribution in [0.25, 0.3) is 0 Å². The number of benzene rings is 3. The number of ether oxygens (including phenoxy) is 2. The summed E-state index contributed by atoms with van der Waals surface area (Å²) in [4.78, 5) is 40.1. The van der Waals surface area contributed by atoms with Crippen LogP contribution < -0.4 is 19.3 Å². The number of nitrogens with zero attached hydrogens (tertiary/aromatic N) is 2. The quantitative estimate of drug-likeness (QED) is 0.455. The first kappa shape index (κ1) is 21.1. The van der Waals surface area contributed by atoms with Gasteiger partial charge in [-0.3, -0.25) is 4.79 Å². The summed E-state index contributed by atoms with van der Waals surface area (Å²) in [6.07, 6.45) is 0. The van der Waals surface area contributed by atoms with Gasteiger partial charge in [-0.2, -0.15) is 0 Å². The minimum Gasteiger partial charge on any atom is -0.425 e. The van der Waals surface area contributed by atoms with Crippen molar-refractivity contribution in [3.05, 3.63) is 83.9 Å². The van der Waals surface area contributed by atoms with E-state index in [4.69, 9.17) is 9.47 Å². The molecule has 3 aromatic carbocycles.